The molecule has 2 rings (SSSR count). The van der Waals surface area contributed by atoms with Gasteiger partial charge in [-0.25, -0.2) is 0 Å². The van der Waals surface area contributed by atoms with Crippen molar-refractivity contribution in [3.63, 3.8) is 0 Å². The Labute approximate surface area is 131 Å². The van der Waals surface area contributed by atoms with E-state index in [9.17, 15) is 14.7 Å². The number of hydrogen-bond donors (Lipinski definition) is 3. The number of anilines is 2. The maximum absolute atomic E-state index is 11.8. The quantitative estimate of drug-likeness (QED) is 0.599. The van der Waals surface area contributed by atoms with Crippen LogP contribution in [-0.4, -0.2) is 24.0 Å². The van der Waals surface area contributed by atoms with Gasteiger partial charge < -0.3 is 20.5 Å². The predicted molar refractivity (Wildman–Crippen MR) is 83.4 cm³/mol. The van der Waals surface area contributed by atoms with E-state index in [4.69, 9.17) is 16.3 Å². The maximum Gasteiger partial charge on any atom is 0.314 e. The van der Waals surface area contributed by atoms with E-state index in [-0.39, 0.29) is 11.4 Å². The number of carbonyl (C=O) groups excluding carboxylic acids is 2. The van der Waals surface area contributed by atoms with Crippen LogP contribution in [0.4, 0.5) is 11.4 Å². The Morgan fingerprint density at radius 3 is 2.55 bits per heavy atom. The lowest BCUT2D eigenvalue weighted by molar-refractivity contribution is -0.133. The lowest BCUT2D eigenvalue weighted by atomic mass is 10.2. The highest BCUT2D eigenvalue weighted by atomic mass is 35.5. The van der Waals surface area contributed by atoms with Crippen LogP contribution < -0.4 is 15.4 Å². The van der Waals surface area contributed by atoms with Gasteiger partial charge in [0.2, 0.25) is 0 Å². The van der Waals surface area contributed by atoms with Gasteiger partial charge in [-0.2, -0.15) is 0 Å². The normalized spacial score (nSPS) is 9.91. The first-order chi connectivity index (χ1) is 10.5. The summed E-state index contributed by atoms with van der Waals surface area (Å²) in [6, 6.07) is 10.7. The van der Waals surface area contributed by atoms with Gasteiger partial charge in [0.1, 0.15) is 11.5 Å². The molecule has 0 aromatic heterocycles. The maximum atomic E-state index is 11.8. The number of nitrogens with one attached hydrogen (secondary N) is 2. The summed E-state index contributed by atoms with van der Waals surface area (Å²) in [6.07, 6.45) is 0. The summed E-state index contributed by atoms with van der Waals surface area (Å²) in [5, 5.41) is 14.6. The van der Waals surface area contributed by atoms with Gasteiger partial charge in [-0.1, -0.05) is 17.7 Å². The Morgan fingerprint density at radius 2 is 1.82 bits per heavy atom. The summed E-state index contributed by atoms with van der Waals surface area (Å²) in [7, 11) is 1.50. The molecule has 0 unspecified atom stereocenters. The first kappa shape index (κ1) is 15.7. The topological polar surface area (TPSA) is 87.7 Å². The predicted octanol–water partition coefficient (Wildman–Crippen LogP) is 2.63. The second-order valence-corrected chi connectivity index (χ2v) is 4.74. The van der Waals surface area contributed by atoms with Crippen molar-refractivity contribution >= 4 is 34.8 Å². The van der Waals surface area contributed by atoms with E-state index in [1.54, 1.807) is 24.3 Å². The van der Waals surface area contributed by atoms with Gasteiger partial charge in [-0.3, -0.25) is 9.59 Å². The standard InChI is InChI=1S/C15H13ClN2O4/c1-22-11-4-2-3-10(8-11)17-14(20)15(21)18-12-7-9(16)5-6-13(12)19/h2-8,19H,1H3,(H,17,20)(H,18,21). The van der Waals surface area contributed by atoms with Gasteiger partial charge in [0, 0.05) is 16.8 Å². The number of aromatic hydroxyl groups is 1. The van der Waals surface area contributed by atoms with Crippen molar-refractivity contribution in [1.29, 1.82) is 0 Å². The molecule has 3 N–H and O–H groups in total. The molecule has 0 aliphatic carbocycles. The van der Waals surface area contributed by atoms with Crippen molar-refractivity contribution in [2.24, 2.45) is 0 Å². The molecular formula is C15H13ClN2O4. The van der Waals surface area contributed by atoms with Gasteiger partial charge in [-0.05, 0) is 30.3 Å². The van der Waals surface area contributed by atoms with E-state index in [1.807, 2.05) is 0 Å². The van der Waals surface area contributed by atoms with Gasteiger partial charge in [0.15, 0.2) is 0 Å². The summed E-state index contributed by atoms with van der Waals surface area (Å²) >= 11 is 5.77. The monoisotopic (exact) mass is 320 g/mol. The van der Waals surface area contributed by atoms with Crippen LogP contribution in [-0.2, 0) is 9.59 Å². The first-order valence-electron chi connectivity index (χ1n) is 6.24. The minimum atomic E-state index is -0.930. The summed E-state index contributed by atoms with van der Waals surface area (Å²) in [5.74, 6) is -1.45. The lowest BCUT2D eigenvalue weighted by Gasteiger charge is -2.09. The van der Waals surface area contributed by atoms with Crippen LogP contribution in [0.5, 0.6) is 11.5 Å². The molecule has 0 radical (unpaired) electrons. The summed E-state index contributed by atoms with van der Waals surface area (Å²) in [6.45, 7) is 0. The Hall–Kier alpha value is -2.73. The van der Waals surface area contributed by atoms with Crippen LogP contribution >= 0.6 is 11.6 Å². The molecule has 114 valence electrons. The van der Waals surface area contributed by atoms with Crippen LogP contribution in [0.15, 0.2) is 42.5 Å². The minimum absolute atomic E-state index is 0.0540. The van der Waals surface area contributed by atoms with E-state index in [0.29, 0.717) is 16.5 Å². The zero-order valence-corrected chi connectivity index (χ0v) is 12.3. The molecule has 7 heteroatoms. The van der Waals surface area contributed by atoms with Crippen LogP contribution in [0.1, 0.15) is 0 Å². The second kappa shape index (κ2) is 6.82. The average molecular weight is 321 g/mol. The van der Waals surface area contributed by atoms with E-state index < -0.39 is 11.8 Å². The molecule has 0 aliphatic rings. The molecule has 0 aliphatic heterocycles. The molecule has 0 spiro atoms. The molecule has 2 aromatic rings. The number of halogens is 1. The van der Waals surface area contributed by atoms with E-state index in [2.05, 4.69) is 10.6 Å². The number of carbonyl (C=O) groups is 2. The van der Waals surface area contributed by atoms with E-state index in [1.165, 1.54) is 25.3 Å². The summed E-state index contributed by atoms with van der Waals surface area (Å²) in [4.78, 5) is 23.7. The molecule has 2 aromatic carbocycles. The smallest absolute Gasteiger partial charge is 0.314 e. The number of amides is 2. The third-order valence-corrected chi connectivity index (χ3v) is 2.98. The average Bonchev–Trinajstić information content (AvgIpc) is 2.51. The molecule has 0 bridgehead atoms. The number of ether oxygens (including phenoxy) is 1. The van der Waals surface area contributed by atoms with Crippen LogP contribution in [0, 0.1) is 0 Å². The van der Waals surface area contributed by atoms with E-state index >= 15 is 0 Å². The van der Waals surface area contributed by atoms with Crippen molar-refractivity contribution in [3.8, 4) is 11.5 Å². The van der Waals surface area contributed by atoms with Gasteiger partial charge >= 0.3 is 11.8 Å². The van der Waals surface area contributed by atoms with E-state index in [0.717, 1.165) is 0 Å². The number of rotatable bonds is 3. The lowest BCUT2D eigenvalue weighted by Crippen LogP contribution is -2.29. The van der Waals surface area contributed by atoms with Crippen LogP contribution in [0.2, 0.25) is 5.02 Å². The van der Waals surface area contributed by atoms with Crippen molar-refractivity contribution < 1.29 is 19.4 Å². The van der Waals surface area contributed by atoms with Crippen molar-refractivity contribution in [2.45, 2.75) is 0 Å². The first-order valence-corrected chi connectivity index (χ1v) is 6.62. The number of benzene rings is 2. The van der Waals surface area contributed by atoms with Crippen LogP contribution in [0.25, 0.3) is 0 Å². The summed E-state index contributed by atoms with van der Waals surface area (Å²) < 4.78 is 5.02. The Morgan fingerprint density at radius 1 is 1.09 bits per heavy atom. The molecule has 0 heterocycles. The van der Waals surface area contributed by atoms with Gasteiger partial charge in [-0.15, -0.1) is 0 Å². The highest BCUT2D eigenvalue weighted by Crippen LogP contribution is 2.26. The Bertz CT molecular complexity index is 718. The van der Waals surface area contributed by atoms with Crippen LogP contribution in [0.3, 0.4) is 0 Å². The molecular weight excluding hydrogens is 308 g/mol. The molecule has 6 nitrogen and oxygen atoms in total. The number of phenolic OH excluding ortho intramolecular Hbond substituents is 1. The second-order valence-electron chi connectivity index (χ2n) is 4.30. The third kappa shape index (κ3) is 3.89. The number of phenols is 1. The van der Waals surface area contributed by atoms with Gasteiger partial charge in [0.25, 0.3) is 0 Å². The molecule has 0 saturated carbocycles. The Balaban J connectivity index is 2.06. The van der Waals surface area contributed by atoms with Crippen molar-refractivity contribution in [3.05, 3.63) is 47.5 Å². The number of methoxy groups -OCH3 is 1. The largest absolute Gasteiger partial charge is 0.506 e. The molecule has 2 amide bonds. The number of hydrogen-bond acceptors (Lipinski definition) is 4. The third-order valence-electron chi connectivity index (χ3n) is 2.74. The fraction of sp³-hybridized carbons (Fsp3) is 0.0667. The van der Waals surface area contributed by atoms with Crippen molar-refractivity contribution in [2.75, 3.05) is 17.7 Å². The molecule has 0 fully saturated rings. The minimum Gasteiger partial charge on any atom is -0.506 e. The molecule has 22 heavy (non-hydrogen) atoms. The fourth-order valence-corrected chi connectivity index (χ4v) is 1.85. The highest BCUT2D eigenvalue weighted by molar-refractivity contribution is 6.44. The van der Waals surface area contributed by atoms with Gasteiger partial charge in [0.05, 0.1) is 12.8 Å². The SMILES string of the molecule is COc1cccc(NC(=O)C(=O)Nc2cc(Cl)ccc2O)c1. The van der Waals surface area contributed by atoms with Crippen molar-refractivity contribution in [1.82, 2.24) is 0 Å². The highest BCUT2D eigenvalue weighted by Gasteiger charge is 2.16. The zero-order valence-electron chi connectivity index (χ0n) is 11.6. The molecule has 0 saturated heterocycles. The fourth-order valence-electron chi connectivity index (χ4n) is 1.68. The zero-order chi connectivity index (χ0) is 16.1. The summed E-state index contributed by atoms with van der Waals surface area (Å²) in [5.41, 5.74) is 0.466. The molecule has 0 atom stereocenters. The Kier molecular flexibility index (Phi) is 4.85.